The lowest BCUT2D eigenvalue weighted by molar-refractivity contribution is -0.141. The average molecular weight is 322 g/mol. The lowest BCUT2D eigenvalue weighted by atomic mass is 10.0. The lowest BCUT2D eigenvalue weighted by Gasteiger charge is -2.11. The molecule has 8 heteroatoms. The Hall–Kier alpha value is -2.22. The first-order chi connectivity index (χ1) is 10.5. The molecule has 2 aromatic heterocycles. The maximum Gasteiger partial charge on any atom is 0.308 e. The third-order valence-corrected chi connectivity index (χ3v) is 4.08. The zero-order valence-corrected chi connectivity index (χ0v) is 13.3. The third-order valence-electron chi connectivity index (χ3n) is 3.18. The highest BCUT2D eigenvalue weighted by Crippen LogP contribution is 2.22. The van der Waals surface area contributed by atoms with Gasteiger partial charge in [0.25, 0.3) is 5.91 Å². The summed E-state index contributed by atoms with van der Waals surface area (Å²) in [6.07, 6.45) is 4.80. The Bertz CT molecular complexity index is 665. The zero-order chi connectivity index (χ0) is 16.1. The van der Waals surface area contributed by atoms with Crippen LogP contribution in [0.4, 0.5) is 0 Å². The molecule has 22 heavy (non-hydrogen) atoms. The van der Waals surface area contributed by atoms with Crippen LogP contribution in [-0.2, 0) is 11.8 Å². The predicted octanol–water partition coefficient (Wildman–Crippen LogP) is 1.77. The molecule has 1 atom stereocenters. The maximum atomic E-state index is 12.0. The van der Waals surface area contributed by atoms with E-state index in [4.69, 9.17) is 5.11 Å². The molecule has 0 saturated heterocycles. The number of aliphatic carboxylic acids is 1. The van der Waals surface area contributed by atoms with Crippen LogP contribution in [0.5, 0.6) is 0 Å². The number of amides is 1. The molecule has 118 valence electrons. The number of rotatable bonds is 7. The summed E-state index contributed by atoms with van der Waals surface area (Å²) in [5, 5.41) is 18.1. The Morgan fingerprint density at radius 1 is 1.50 bits per heavy atom. The number of thiazole rings is 1. The summed E-state index contributed by atoms with van der Waals surface area (Å²) in [5.41, 5.74) is 1.14. The van der Waals surface area contributed by atoms with Crippen LogP contribution >= 0.6 is 11.3 Å². The maximum absolute atomic E-state index is 12.0. The second kappa shape index (κ2) is 7.17. The van der Waals surface area contributed by atoms with Gasteiger partial charge in [-0.3, -0.25) is 14.3 Å². The molecule has 0 aliphatic carbocycles. The van der Waals surface area contributed by atoms with Crippen LogP contribution < -0.4 is 5.32 Å². The van der Waals surface area contributed by atoms with E-state index in [1.165, 1.54) is 11.3 Å². The first kappa shape index (κ1) is 16.2. The minimum atomic E-state index is -0.892. The van der Waals surface area contributed by atoms with Gasteiger partial charge in [-0.05, 0) is 6.42 Å². The van der Waals surface area contributed by atoms with Gasteiger partial charge in [0.1, 0.15) is 10.7 Å². The minimum absolute atomic E-state index is 0.113. The van der Waals surface area contributed by atoms with Gasteiger partial charge in [-0.25, -0.2) is 4.98 Å². The van der Waals surface area contributed by atoms with Gasteiger partial charge in [-0.1, -0.05) is 13.3 Å². The standard InChI is InChI=1S/C14H18N4O3S/c1-3-4-9(14(20)21)5-15-12(19)11-8-22-13(17-11)10-6-16-18(2)7-10/h6-9H,3-5H2,1-2H3,(H,15,19)(H,20,21). The Labute approximate surface area is 132 Å². The lowest BCUT2D eigenvalue weighted by Crippen LogP contribution is -2.33. The van der Waals surface area contributed by atoms with Crippen molar-refractivity contribution in [1.29, 1.82) is 0 Å². The predicted molar refractivity (Wildman–Crippen MR) is 82.7 cm³/mol. The van der Waals surface area contributed by atoms with Gasteiger partial charge in [-0.15, -0.1) is 11.3 Å². The molecular weight excluding hydrogens is 304 g/mol. The van der Waals surface area contributed by atoms with Gasteiger partial charge in [0, 0.05) is 30.7 Å². The van der Waals surface area contributed by atoms with E-state index in [0.717, 1.165) is 12.0 Å². The summed E-state index contributed by atoms with van der Waals surface area (Å²) in [4.78, 5) is 27.4. The Morgan fingerprint density at radius 2 is 2.27 bits per heavy atom. The number of carbonyl (C=O) groups is 2. The van der Waals surface area contributed by atoms with Crippen molar-refractivity contribution < 1.29 is 14.7 Å². The fourth-order valence-electron chi connectivity index (χ4n) is 2.01. The molecule has 0 fully saturated rings. The van der Waals surface area contributed by atoms with Crippen LogP contribution in [0.2, 0.25) is 0 Å². The number of hydrogen-bond donors (Lipinski definition) is 2. The summed E-state index contributed by atoms with van der Waals surface area (Å²) in [6.45, 7) is 2.03. The topological polar surface area (TPSA) is 97.1 Å². The van der Waals surface area contributed by atoms with Gasteiger partial charge < -0.3 is 10.4 Å². The third kappa shape index (κ3) is 3.91. The number of carboxylic acid groups (broad SMARTS) is 1. The summed E-state index contributed by atoms with van der Waals surface area (Å²) in [6, 6.07) is 0. The SMILES string of the molecule is CCCC(CNC(=O)c1csc(-c2cnn(C)c2)n1)C(=O)O. The summed E-state index contributed by atoms with van der Waals surface area (Å²) < 4.78 is 1.67. The molecular formula is C14H18N4O3S. The van der Waals surface area contributed by atoms with E-state index in [1.807, 2.05) is 20.2 Å². The fraction of sp³-hybridized carbons (Fsp3) is 0.429. The van der Waals surface area contributed by atoms with Gasteiger partial charge in [0.2, 0.25) is 0 Å². The quantitative estimate of drug-likeness (QED) is 0.810. The van der Waals surface area contributed by atoms with Gasteiger partial charge in [0.05, 0.1) is 12.1 Å². The van der Waals surface area contributed by atoms with Crippen LogP contribution in [0.1, 0.15) is 30.3 Å². The number of carbonyl (C=O) groups excluding carboxylic acids is 1. The van der Waals surface area contributed by atoms with Crippen molar-refractivity contribution in [3.05, 3.63) is 23.5 Å². The van der Waals surface area contributed by atoms with Crippen LogP contribution in [0.15, 0.2) is 17.8 Å². The van der Waals surface area contributed by atoms with Crippen LogP contribution in [0.25, 0.3) is 10.6 Å². The zero-order valence-electron chi connectivity index (χ0n) is 12.4. The Kier molecular flexibility index (Phi) is 5.26. The molecule has 1 unspecified atom stereocenters. The van der Waals surface area contributed by atoms with E-state index < -0.39 is 11.9 Å². The minimum Gasteiger partial charge on any atom is -0.481 e. The highest BCUT2D eigenvalue weighted by molar-refractivity contribution is 7.13. The summed E-state index contributed by atoms with van der Waals surface area (Å²) in [7, 11) is 1.81. The van der Waals surface area contributed by atoms with E-state index in [0.29, 0.717) is 17.1 Å². The first-order valence-electron chi connectivity index (χ1n) is 6.96. The number of nitrogens with zero attached hydrogens (tertiary/aromatic N) is 3. The molecule has 2 rings (SSSR count). The molecule has 7 nitrogen and oxygen atoms in total. The number of aryl methyl sites for hydroxylation is 1. The molecule has 0 aliphatic heterocycles. The highest BCUT2D eigenvalue weighted by atomic mass is 32.1. The van der Waals surface area contributed by atoms with E-state index in [-0.39, 0.29) is 12.5 Å². The van der Waals surface area contributed by atoms with Gasteiger partial charge in [0.15, 0.2) is 0 Å². The van der Waals surface area contributed by atoms with Crippen molar-refractivity contribution in [2.75, 3.05) is 6.54 Å². The van der Waals surface area contributed by atoms with Crippen molar-refractivity contribution in [3.63, 3.8) is 0 Å². The normalized spacial score (nSPS) is 12.1. The van der Waals surface area contributed by atoms with Crippen molar-refractivity contribution >= 4 is 23.2 Å². The second-order valence-corrected chi connectivity index (χ2v) is 5.83. The molecule has 0 saturated carbocycles. The molecule has 2 heterocycles. The summed E-state index contributed by atoms with van der Waals surface area (Å²) >= 11 is 1.35. The van der Waals surface area contributed by atoms with Gasteiger partial charge in [-0.2, -0.15) is 5.10 Å². The van der Waals surface area contributed by atoms with Crippen molar-refractivity contribution in [2.24, 2.45) is 13.0 Å². The number of carboxylic acids is 1. The van der Waals surface area contributed by atoms with E-state index in [1.54, 1.807) is 16.3 Å². The Morgan fingerprint density at radius 3 is 2.86 bits per heavy atom. The van der Waals surface area contributed by atoms with E-state index in [2.05, 4.69) is 15.4 Å². The first-order valence-corrected chi connectivity index (χ1v) is 7.84. The molecule has 2 aromatic rings. The molecule has 1 amide bonds. The van der Waals surface area contributed by atoms with Gasteiger partial charge >= 0.3 is 5.97 Å². The van der Waals surface area contributed by atoms with Crippen LogP contribution in [0.3, 0.4) is 0 Å². The summed E-state index contributed by atoms with van der Waals surface area (Å²) in [5.74, 6) is -1.81. The largest absolute Gasteiger partial charge is 0.481 e. The molecule has 0 aromatic carbocycles. The molecule has 0 spiro atoms. The second-order valence-electron chi connectivity index (χ2n) is 4.97. The van der Waals surface area contributed by atoms with Crippen LogP contribution in [0, 0.1) is 5.92 Å². The average Bonchev–Trinajstić information content (AvgIpc) is 3.11. The highest BCUT2D eigenvalue weighted by Gasteiger charge is 2.19. The molecule has 0 aliphatic rings. The molecule has 2 N–H and O–H groups in total. The molecule has 0 bridgehead atoms. The van der Waals surface area contributed by atoms with Crippen molar-refractivity contribution in [3.8, 4) is 10.6 Å². The smallest absolute Gasteiger partial charge is 0.308 e. The fourth-order valence-corrected chi connectivity index (χ4v) is 2.79. The number of nitrogens with one attached hydrogen (secondary N) is 1. The van der Waals surface area contributed by atoms with Crippen molar-refractivity contribution in [2.45, 2.75) is 19.8 Å². The Balaban J connectivity index is 1.98. The monoisotopic (exact) mass is 322 g/mol. The van der Waals surface area contributed by atoms with Crippen LogP contribution in [-0.4, -0.2) is 38.3 Å². The molecule has 0 radical (unpaired) electrons. The van der Waals surface area contributed by atoms with E-state index in [9.17, 15) is 9.59 Å². The van der Waals surface area contributed by atoms with Crippen molar-refractivity contribution in [1.82, 2.24) is 20.1 Å². The number of hydrogen-bond acceptors (Lipinski definition) is 5. The van der Waals surface area contributed by atoms with E-state index >= 15 is 0 Å². The number of aromatic nitrogens is 3.